The molecule has 0 aliphatic heterocycles. The van der Waals surface area contributed by atoms with Crippen molar-refractivity contribution in [2.45, 2.75) is 70.8 Å². The summed E-state index contributed by atoms with van der Waals surface area (Å²) >= 11 is 0. The molecule has 2 nitrogen and oxygen atoms in total. The van der Waals surface area contributed by atoms with Crippen molar-refractivity contribution in [3.8, 4) is 0 Å². The van der Waals surface area contributed by atoms with Crippen LogP contribution in [0.1, 0.15) is 76.3 Å². The summed E-state index contributed by atoms with van der Waals surface area (Å²) in [7, 11) is 1.98. The van der Waals surface area contributed by atoms with Gasteiger partial charge in [0.05, 0.1) is 0 Å². The highest BCUT2D eigenvalue weighted by molar-refractivity contribution is 5.78. The third kappa shape index (κ3) is 2.59. The van der Waals surface area contributed by atoms with Crippen LogP contribution in [0, 0.1) is 22.7 Å². The summed E-state index contributed by atoms with van der Waals surface area (Å²) in [6.45, 7) is 9.08. The van der Waals surface area contributed by atoms with Crippen LogP contribution in [0.3, 0.4) is 0 Å². The van der Waals surface area contributed by atoms with Crippen molar-refractivity contribution in [1.29, 1.82) is 0 Å². The summed E-state index contributed by atoms with van der Waals surface area (Å²) in [5, 5.41) is 3.29. The molecule has 30 heavy (non-hydrogen) atoms. The Labute approximate surface area is 182 Å². The monoisotopic (exact) mass is 402 g/mol. The maximum Gasteiger partial charge on any atom is 0.0411 e. The molecule has 5 rings (SSSR count). The predicted molar refractivity (Wildman–Crippen MR) is 129 cm³/mol. The zero-order valence-corrected chi connectivity index (χ0v) is 19.1. The molecular formula is C28H38N2. The number of rotatable bonds is 3. The Morgan fingerprint density at radius 1 is 1.10 bits per heavy atom. The largest absolute Gasteiger partial charge is 0.388 e. The normalized spacial score (nSPS) is 39.9. The van der Waals surface area contributed by atoms with E-state index in [1.807, 2.05) is 13.1 Å². The quantitative estimate of drug-likeness (QED) is 0.546. The molecule has 1 aromatic rings. The second-order valence-corrected chi connectivity index (χ2v) is 10.8. The van der Waals surface area contributed by atoms with E-state index in [1.165, 1.54) is 55.2 Å². The summed E-state index contributed by atoms with van der Waals surface area (Å²) in [6, 6.07) is 6.80. The average molecular weight is 403 g/mol. The van der Waals surface area contributed by atoms with Gasteiger partial charge in [0.1, 0.15) is 0 Å². The third-order valence-electron chi connectivity index (χ3n) is 9.64. The Bertz CT molecular complexity index is 940. The minimum atomic E-state index is -0.0764. The first kappa shape index (κ1) is 20.1. The molecule has 4 aliphatic rings. The first-order chi connectivity index (χ1) is 14.4. The van der Waals surface area contributed by atoms with E-state index in [1.54, 1.807) is 5.57 Å². The SMILES string of the molecule is C=Cc1cc(C2=CCC3C2(C)CCC2C4(C)CCCCC4=CCC23N)ccc1NC. The Kier molecular flexibility index (Phi) is 4.60. The van der Waals surface area contributed by atoms with Gasteiger partial charge in [-0.3, -0.25) is 0 Å². The number of nitrogens with one attached hydrogen (secondary N) is 1. The van der Waals surface area contributed by atoms with Crippen LogP contribution in [0.4, 0.5) is 5.69 Å². The van der Waals surface area contributed by atoms with E-state index in [-0.39, 0.29) is 11.0 Å². The molecule has 2 heteroatoms. The first-order valence-electron chi connectivity index (χ1n) is 12.0. The number of anilines is 1. The lowest BCUT2D eigenvalue weighted by atomic mass is 9.44. The summed E-state index contributed by atoms with van der Waals surface area (Å²) in [5.41, 5.74) is 14.8. The van der Waals surface area contributed by atoms with Gasteiger partial charge in [0.2, 0.25) is 0 Å². The van der Waals surface area contributed by atoms with E-state index in [2.05, 4.69) is 56.1 Å². The van der Waals surface area contributed by atoms with Crippen LogP contribution in [-0.4, -0.2) is 12.6 Å². The molecule has 0 saturated heterocycles. The van der Waals surface area contributed by atoms with E-state index >= 15 is 0 Å². The Morgan fingerprint density at radius 3 is 2.70 bits per heavy atom. The van der Waals surface area contributed by atoms with Crippen molar-refractivity contribution in [1.82, 2.24) is 0 Å². The van der Waals surface area contributed by atoms with Gasteiger partial charge >= 0.3 is 0 Å². The predicted octanol–water partition coefficient (Wildman–Crippen LogP) is 6.80. The van der Waals surface area contributed by atoms with Crippen molar-refractivity contribution in [2.75, 3.05) is 12.4 Å². The summed E-state index contributed by atoms with van der Waals surface area (Å²) < 4.78 is 0. The number of hydrogen-bond donors (Lipinski definition) is 2. The van der Waals surface area contributed by atoms with E-state index < -0.39 is 0 Å². The lowest BCUT2D eigenvalue weighted by Crippen LogP contribution is -2.65. The van der Waals surface area contributed by atoms with E-state index in [0.29, 0.717) is 17.3 Å². The number of hydrogen-bond acceptors (Lipinski definition) is 2. The van der Waals surface area contributed by atoms with Crippen LogP contribution < -0.4 is 11.1 Å². The average Bonchev–Trinajstić information content (AvgIpc) is 3.11. The molecular weight excluding hydrogens is 364 g/mol. The number of allylic oxidation sites excluding steroid dienone is 3. The van der Waals surface area contributed by atoms with Gasteiger partial charge in [0, 0.05) is 18.3 Å². The van der Waals surface area contributed by atoms with Crippen LogP contribution in [0.5, 0.6) is 0 Å². The van der Waals surface area contributed by atoms with Crippen molar-refractivity contribution in [2.24, 2.45) is 28.4 Å². The van der Waals surface area contributed by atoms with Crippen LogP contribution in [0.2, 0.25) is 0 Å². The standard InChI is InChI=1S/C28H38N2/c1-5-19-18-20(9-11-23(19)30-4)22-10-12-24-27(22,3)16-14-25-26(2)15-7-6-8-21(26)13-17-28(24,25)29/h5,9-11,13,18,24-25,30H,1,6-8,12,14-17,29H2,2-4H3. The molecule has 4 aliphatic carbocycles. The van der Waals surface area contributed by atoms with Gasteiger partial charge in [-0.25, -0.2) is 0 Å². The molecule has 160 valence electrons. The van der Waals surface area contributed by atoms with E-state index in [4.69, 9.17) is 5.73 Å². The van der Waals surface area contributed by atoms with Crippen LogP contribution in [-0.2, 0) is 0 Å². The Hall–Kier alpha value is -1.80. The fraction of sp³-hybridized carbons (Fsp3) is 0.571. The topological polar surface area (TPSA) is 38.0 Å². The van der Waals surface area contributed by atoms with Crippen molar-refractivity contribution in [3.05, 3.63) is 53.6 Å². The minimum absolute atomic E-state index is 0.0764. The molecule has 5 atom stereocenters. The molecule has 0 amide bonds. The van der Waals surface area contributed by atoms with E-state index in [0.717, 1.165) is 18.5 Å². The molecule has 2 saturated carbocycles. The van der Waals surface area contributed by atoms with Gasteiger partial charge in [-0.15, -0.1) is 0 Å². The number of benzene rings is 1. The van der Waals surface area contributed by atoms with Gasteiger partial charge in [-0.1, -0.05) is 56.7 Å². The summed E-state index contributed by atoms with van der Waals surface area (Å²) in [6.07, 6.45) is 17.1. The molecule has 0 heterocycles. The van der Waals surface area contributed by atoms with Crippen molar-refractivity contribution < 1.29 is 0 Å². The molecule has 5 unspecified atom stereocenters. The fourth-order valence-corrected chi connectivity index (χ4v) is 8.05. The van der Waals surface area contributed by atoms with Gasteiger partial charge in [-0.05, 0) is 96.4 Å². The van der Waals surface area contributed by atoms with E-state index in [9.17, 15) is 0 Å². The highest BCUT2D eigenvalue weighted by Crippen LogP contribution is 2.67. The van der Waals surface area contributed by atoms with Crippen LogP contribution in [0.15, 0.2) is 42.5 Å². The van der Waals surface area contributed by atoms with Gasteiger partial charge in [0.15, 0.2) is 0 Å². The lowest BCUT2D eigenvalue weighted by Gasteiger charge is -2.62. The lowest BCUT2D eigenvalue weighted by molar-refractivity contribution is -0.0322. The second kappa shape index (κ2) is 6.85. The maximum absolute atomic E-state index is 7.46. The minimum Gasteiger partial charge on any atom is -0.388 e. The highest BCUT2D eigenvalue weighted by Gasteiger charge is 2.62. The Balaban J connectivity index is 1.52. The molecule has 3 N–H and O–H groups in total. The summed E-state index contributed by atoms with van der Waals surface area (Å²) in [4.78, 5) is 0. The van der Waals surface area contributed by atoms with Gasteiger partial charge < -0.3 is 11.1 Å². The molecule has 2 fully saturated rings. The zero-order valence-electron chi connectivity index (χ0n) is 19.1. The maximum atomic E-state index is 7.46. The molecule has 0 aromatic heterocycles. The molecule has 0 spiro atoms. The number of nitrogens with two attached hydrogens (primary N) is 1. The fourth-order valence-electron chi connectivity index (χ4n) is 8.05. The molecule has 0 bridgehead atoms. The molecule has 1 aromatic carbocycles. The van der Waals surface area contributed by atoms with Crippen LogP contribution >= 0.6 is 0 Å². The first-order valence-corrected chi connectivity index (χ1v) is 12.0. The number of fused-ring (bicyclic) bond motifs is 5. The summed E-state index contributed by atoms with van der Waals surface area (Å²) in [5.74, 6) is 1.16. The third-order valence-corrected chi connectivity index (χ3v) is 9.64. The smallest absolute Gasteiger partial charge is 0.0411 e. The molecule has 0 radical (unpaired) electrons. The van der Waals surface area contributed by atoms with Gasteiger partial charge in [0.25, 0.3) is 0 Å². The van der Waals surface area contributed by atoms with Crippen LogP contribution in [0.25, 0.3) is 11.6 Å². The second-order valence-electron chi connectivity index (χ2n) is 10.8. The Morgan fingerprint density at radius 2 is 1.93 bits per heavy atom. The van der Waals surface area contributed by atoms with Gasteiger partial charge in [-0.2, -0.15) is 0 Å². The highest BCUT2D eigenvalue weighted by atomic mass is 14.9. The van der Waals surface area contributed by atoms with Crippen molar-refractivity contribution >= 4 is 17.3 Å². The zero-order chi connectivity index (χ0) is 21.1. The van der Waals surface area contributed by atoms with Crippen molar-refractivity contribution in [3.63, 3.8) is 0 Å².